The molecule has 1 rings (SSSR count). The summed E-state index contributed by atoms with van der Waals surface area (Å²) in [5.74, 6) is 0. The molecule has 2 N–H and O–H groups in total. The SMILES string of the molecule is CCCNC(CO)CCN1CCN(CCN(C)C)CC1. The first-order valence-electron chi connectivity index (χ1n) is 8.09. The number of piperazine rings is 1. The van der Waals surface area contributed by atoms with Gasteiger partial charge in [0.25, 0.3) is 0 Å². The van der Waals surface area contributed by atoms with E-state index in [9.17, 15) is 5.11 Å². The second-order valence-electron chi connectivity index (χ2n) is 6.11. The van der Waals surface area contributed by atoms with Gasteiger partial charge in [-0.05, 0) is 40.0 Å². The van der Waals surface area contributed by atoms with Gasteiger partial charge in [-0.25, -0.2) is 0 Å². The third-order valence-corrected chi connectivity index (χ3v) is 4.03. The van der Waals surface area contributed by atoms with E-state index in [0.29, 0.717) is 0 Å². The van der Waals surface area contributed by atoms with Crippen molar-refractivity contribution in [2.45, 2.75) is 25.8 Å². The van der Waals surface area contributed by atoms with Crippen LogP contribution >= 0.6 is 0 Å². The van der Waals surface area contributed by atoms with Gasteiger partial charge < -0.3 is 20.2 Å². The van der Waals surface area contributed by atoms with Crippen molar-refractivity contribution >= 4 is 0 Å². The summed E-state index contributed by atoms with van der Waals surface area (Å²) in [6, 6.07) is 0.265. The molecule has 20 heavy (non-hydrogen) atoms. The normalized spacial score (nSPS) is 19.6. The number of rotatable bonds is 10. The molecule has 0 radical (unpaired) electrons. The van der Waals surface area contributed by atoms with Crippen molar-refractivity contribution < 1.29 is 5.11 Å². The zero-order valence-electron chi connectivity index (χ0n) is 13.6. The number of aliphatic hydroxyl groups excluding tert-OH is 1. The molecule has 0 bridgehead atoms. The van der Waals surface area contributed by atoms with Crippen molar-refractivity contribution in [1.29, 1.82) is 0 Å². The second kappa shape index (κ2) is 10.5. The largest absolute Gasteiger partial charge is 0.395 e. The molecule has 1 atom stereocenters. The molecular weight excluding hydrogens is 252 g/mol. The molecule has 1 heterocycles. The fourth-order valence-electron chi connectivity index (χ4n) is 2.52. The summed E-state index contributed by atoms with van der Waals surface area (Å²) in [6.07, 6.45) is 2.18. The lowest BCUT2D eigenvalue weighted by molar-refractivity contribution is 0.117. The molecule has 5 nitrogen and oxygen atoms in total. The van der Waals surface area contributed by atoms with Crippen molar-refractivity contribution in [2.24, 2.45) is 0 Å². The maximum absolute atomic E-state index is 9.35. The summed E-state index contributed by atoms with van der Waals surface area (Å²) in [4.78, 5) is 7.33. The van der Waals surface area contributed by atoms with Crippen molar-refractivity contribution in [3.05, 3.63) is 0 Å². The molecule has 0 aromatic carbocycles. The first kappa shape index (κ1) is 17.9. The summed E-state index contributed by atoms with van der Waals surface area (Å²) in [6.45, 7) is 11.5. The van der Waals surface area contributed by atoms with Crippen LogP contribution < -0.4 is 5.32 Å². The fraction of sp³-hybridized carbons (Fsp3) is 1.00. The summed E-state index contributed by atoms with van der Waals surface area (Å²) in [7, 11) is 4.27. The first-order chi connectivity index (χ1) is 9.65. The van der Waals surface area contributed by atoms with Gasteiger partial charge in [-0.1, -0.05) is 6.92 Å². The topological polar surface area (TPSA) is 42.0 Å². The molecule has 120 valence electrons. The van der Waals surface area contributed by atoms with Gasteiger partial charge in [-0.15, -0.1) is 0 Å². The molecule has 1 unspecified atom stereocenters. The zero-order valence-corrected chi connectivity index (χ0v) is 13.6. The Hall–Kier alpha value is -0.200. The predicted octanol–water partition coefficient (Wildman–Crippen LogP) is -0.0838. The minimum absolute atomic E-state index is 0.253. The molecule has 0 aliphatic carbocycles. The molecule has 5 heteroatoms. The van der Waals surface area contributed by atoms with E-state index in [0.717, 1.165) is 32.5 Å². The molecule has 0 aromatic rings. The number of hydrogen-bond acceptors (Lipinski definition) is 5. The summed E-state index contributed by atoms with van der Waals surface area (Å²) >= 11 is 0. The lowest BCUT2D eigenvalue weighted by Crippen LogP contribution is -2.49. The standard InChI is InChI=1S/C15H34N4O/c1-4-6-16-15(14-20)5-7-18-10-12-19(13-11-18)9-8-17(2)3/h15-16,20H,4-14H2,1-3H3. The summed E-state index contributed by atoms with van der Waals surface area (Å²) < 4.78 is 0. The van der Waals surface area contributed by atoms with Crippen LogP contribution in [0.15, 0.2) is 0 Å². The van der Waals surface area contributed by atoms with Crippen molar-refractivity contribution in [1.82, 2.24) is 20.0 Å². The van der Waals surface area contributed by atoms with E-state index < -0.39 is 0 Å². The minimum Gasteiger partial charge on any atom is -0.395 e. The van der Waals surface area contributed by atoms with Gasteiger partial charge in [-0.2, -0.15) is 0 Å². The molecule has 0 amide bonds. The Morgan fingerprint density at radius 1 is 1.10 bits per heavy atom. The average molecular weight is 286 g/mol. The Morgan fingerprint density at radius 3 is 2.20 bits per heavy atom. The number of aliphatic hydroxyl groups is 1. The Balaban J connectivity index is 2.12. The lowest BCUT2D eigenvalue weighted by Gasteiger charge is -2.35. The molecule has 0 saturated carbocycles. The van der Waals surface area contributed by atoms with Crippen molar-refractivity contribution in [3.63, 3.8) is 0 Å². The Morgan fingerprint density at radius 2 is 1.70 bits per heavy atom. The smallest absolute Gasteiger partial charge is 0.0585 e. The highest BCUT2D eigenvalue weighted by Gasteiger charge is 2.17. The maximum Gasteiger partial charge on any atom is 0.0585 e. The van der Waals surface area contributed by atoms with Gasteiger partial charge >= 0.3 is 0 Å². The van der Waals surface area contributed by atoms with Crippen LogP contribution in [0.1, 0.15) is 19.8 Å². The van der Waals surface area contributed by atoms with E-state index in [1.807, 2.05) is 0 Å². The van der Waals surface area contributed by atoms with E-state index in [1.54, 1.807) is 0 Å². The predicted molar refractivity (Wildman–Crippen MR) is 85.2 cm³/mol. The van der Waals surface area contributed by atoms with E-state index >= 15 is 0 Å². The van der Waals surface area contributed by atoms with Crippen molar-refractivity contribution in [3.8, 4) is 0 Å². The van der Waals surface area contributed by atoms with E-state index in [2.05, 4.69) is 41.0 Å². The van der Waals surface area contributed by atoms with Crippen LogP contribution in [-0.2, 0) is 0 Å². The third kappa shape index (κ3) is 7.55. The van der Waals surface area contributed by atoms with E-state index in [1.165, 1.54) is 32.7 Å². The molecular formula is C15H34N4O. The minimum atomic E-state index is 0.253. The van der Waals surface area contributed by atoms with Gasteiger partial charge in [-0.3, -0.25) is 4.90 Å². The van der Waals surface area contributed by atoms with Crippen LogP contribution in [0.25, 0.3) is 0 Å². The lowest BCUT2D eigenvalue weighted by atomic mass is 10.2. The van der Waals surface area contributed by atoms with Gasteiger partial charge in [0.2, 0.25) is 0 Å². The van der Waals surface area contributed by atoms with Crippen LogP contribution in [0.2, 0.25) is 0 Å². The summed E-state index contributed by atoms with van der Waals surface area (Å²) in [5.41, 5.74) is 0. The maximum atomic E-state index is 9.35. The average Bonchev–Trinajstić information content (AvgIpc) is 2.46. The van der Waals surface area contributed by atoms with Crippen LogP contribution in [-0.4, -0.2) is 98.9 Å². The molecule has 1 fully saturated rings. The molecule has 0 aromatic heterocycles. The van der Waals surface area contributed by atoms with E-state index in [4.69, 9.17) is 0 Å². The monoisotopic (exact) mass is 286 g/mol. The number of nitrogens with zero attached hydrogens (tertiary/aromatic N) is 3. The van der Waals surface area contributed by atoms with Gasteiger partial charge in [0.1, 0.15) is 0 Å². The third-order valence-electron chi connectivity index (χ3n) is 4.03. The Labute approximate surface area is 124 Å². The second-order valence-corrected chi connectivity index (χ2v) is 6.11. The fourth-order valence-corrected chi connectivity index (χ4v) is 2.52. The van der Waals surface area contributed by atoms with Crippen molar-refractivity contribution in [2.75, 3.05) is 73.1 Å². The molecule has 0 spiro atoms. The highest BCUT2D eigenvalue weighted by molar-refractivity contribution is 4.75. The zero-order chi connectivity index (χ0) is 14.8. The number of hydrogen-bond donors (Lipinski definition) is 2. The van der Waals surface area contributed by atoms with Gasteiger partial charge in [0.15, 0.2) is 0 Å². The van der Waals surface area contributed by atoms with Crippen LogP contribution in [0, 0.1) is 0 Å². The first-order valence-corrected chi connectivity index (χ1v) is 8.09. The molecule has 1 aliphatic heterocycles. The molecule has 1 saturated heterocycles. The highest BCUT2D eigenvalue weighted by Crippen LogP contribution is 2.04. The number of likely N-dealkylation sites (N-methyl/N-ethyl adjacent to an activating group) is 1. The quantitative estimate of drug-likeness (QED) is 0.588. The highest BCUT2D eigenvalue weighted by atomic mass is 16.3. The van der Waals surface area contributed by atoms with E-state index in [-0.39, 0.29) is 12.6 Å². The van der Waals surface area contributed by atoms with Gasteiger partial charge in [0, 0.05) is 45.3 Å². The summed E-state index contributed by atoms with van der Waals surface area (Å²) in [5, 5.41) is 12.8. The number of nitrogens with one attached hydrogen (secondary N) is 1. The van der Waals surface area contributed by atoms with Crippen LogP contribution in [0.3, 0.4) is 0 Å². The molecule has 1 aliphatic rings. The Bertz CT molecular complexity index is 230. The van der Waals surface area contributed by atoms with Gasteiger partial charge in [0.05, 0.1) is 6.61 Å². The Kier molecular flexibility index (Phi) is 9.39. The van der Waals surface area contributed by atoms with Crippen LogP contribution in [0.4, 0.5) is 0 Å². The van der Waals surface area contributed by atoms with Crippen LogP contribution in [0.5, 0.6) is 0 Å².